The van der Waals surface area contributed by atoms with Crippen LogP contribution in [0.5, 0.6) is 6.01 Å². The number of hydrogen-bond acceptors (Lipinski definition) is 4. The minimum absolute atomic E-state index is 0.444. The van der Waals surface area contributed by atoms with Crippen LogP contribution in [-0.2, 0) is 6.42 Å². The van der Waals surface area contributed by atoms with Gasteiger partial charge in [0.1, 0.15) is 4.64 Å². The highest BCUT2D eigenvalue weighted by Crippen LogP contribution is 2.17. The van der Waals surface area contributed by atoms with Crippen LogP contribution in [0.4, 0.5) is 0 Å². The first kappa shape index (κ1) is 13.9. The lowest BCUT2D eigenvalue weighted by molar-refractivity contribution is 0.297. The highest BCUT2D eigenvalue weighted by Gasteiger charge is 2.08. The number of ether oxygens (including phenoxy) is 1. The van der Waals surface area contributed by atoms with Crippen molar-refractivity contribution in [2.24, 2.45) is 0 Å². The molecule has 0 aliphatic heterocycles. The fraction of sp³-hybridized carbons (Fsp3) is 0.118. The first-order chi connectivity index (χ1) is 11.3. The lowest BCUT2D eigenvalue weighted by Crippen LogP contribution is -2.02. The standard InChI is InChI=1S/C17H14N4OS/c23-15-13-8-4-5-9-14(13)21-16(18-15)19-17(20-21)22-11-10-12-6-2-1-3-7-12/h1-9H,10-11H2,(H,18,19,20,23). The van der Waals surface area contributed by atoms with Crippen LogP contribution in [0.2, 0.25) is 0 Å². The van der Waals surface area contributed by atoms with Gasteiger partial charge < -0.3 is 4.74 Å². The molecular formula is C17H14N4OS. The van der Waals surface area contributed by atoms with Crippen molar-refractivity contribution in [2.45, 2.75) is 6.42 Å². The average Bonchev–Trinajstić information content (AvgIpc) is 2.99. The van der Waals surface area contributed by atoms with Gasteiger partial charge in [-0.3, -0.25) is 0 Å². The summed E-state index contributed by atoms with van der Waals surface area (Å²) < 4.78 is 8.06. The van der Waals surface area contributed by atoms with Crippen molar-refractivity contribution in [1.29, 1.82) is 0 Å². The number of fused-ring (bicyclic) bond motifs is 3. The predicted octanol–water partition coefficient (Wildman–Crippen LogP) is 3.56. The molecule has 4 aromatic rings. The van der Waals surface area contributed by atoms with Crippen molar-refractivity contribution >= 4 is 28.9 Å². The van der Waals surface area contributed by atoms with Gasteiger partial charge in [0.2, 0.25) is 0 Å². The fourth-order valence-electron chi connectivity index (χ4n) is 2.53. The van der Waals surface area contributed by atoms with Gasteiger partial charge in [0, 0.05) is 11.8 Å². The Morgan fingerprint density at radius 3 is 2.65 bits per heavy atom. The third-order valence-electron chi connectivity index (χ3n) is 3.66. The zero-order chi connectivity index (χ0) is 15.6. The number of H-pyrrole nitrogens is 1. The number of nitrogens with one attached hydrogen (secondary N) is 1. The summed E-state index contributed by atoms with van der Waals surface area (Å²) in [6.07, 6.45) is 0.822. The Morgan fingerprint density at radius 2 is 1.78 bits per heavy atom. The molecule has 2 aromatic carbocycles. The van der Waals surface area contributed by atoms with E-state index in [0.717, 1.165) is 17.3 Å². The number of aromatic amines is 1. The average molecular weight is 322 g/mol. The van der Waals surface area contributed by atoms with E-state index in [1.165, 1.54) is 5.56 Å². The Labute approximate surface area is 137 Å². The van der Waals surface area contributed by atoms with Gasteiger partial charge in [0.15, 0.2) is 0 Å². The third-order valence-corrected chi connectivity index (χ3v) is 3.97. The van der Waals surface area contributed by atoms with Crippen LogP contribution in [0.3, 0.4) is 0 Å². The highest BCUT2D eigenvalue weighted by molar-refractivity contribution is 7.71. The van der Waals surface area contributed by atoms with E-state index >= 15 is 0 Å². The van der Waals surface area contributed by atoms with E-state index in [0.29, 0.717) is 23.0 Å². The smallest absolute Gasteiger partial charge is 0.312 e. The van der Waals surface area contributed by atoms with Crippen LogP contribution in [0.25, 0.3) is 16.7 Å². The number of aromatic nitrogens is 4. The number of nitrogens with zero attached hydrogens (tertiary/aromatic N) is 3. The van der Waals surface area contributed by atoms with E-state index in [1.54, 1.807) is 4.52 Å². The summed E-state index contributed by atoms with van der Waals surface area (Å²) in [5.74, 6) is 0.517. The van der Waals surface area contributed by atoms with E-state index < -0.39 is 0 Å². The van der Waals surface area contributed by atoms with E-state index in [4.69, 9.17) is 17.0 Å². The van der Waals surface area contributed by atoms with Gasteiger partial charge in [-0.1, -0.05) is 54.7 Å². The Bertz CT molecular complexity index is 1020. The van der Waals surface area contributed by atoms with Gasteiger partial charge >= 0.3 is 6.01 Å². The normalized spacial score (nSPS) is 11.1. The van der Waals surface area contributed by atoms with Gasteiger partial charge in [-0.15, -0.1) is 0 Å². The van der Waals surface area contributed by atoms with Crippen molar-refractivity contribution in [1.82, 2.24) is 19.6 Å². The third kappa shape index (κ3) is 2.68. The van der Waals surface area contributed by atoms with Crippen LogP contribution in [-0.4, -0.2) is 26.2 Å². The molecular weight excluding hydrogens is 308 g/mol. The Morgan fingerprint density at radius 1 is 1.00 bits per heavy atom. The van der Waals surface area contributed by atoms with Crippen LogP contribution in [0, 0.1) is 4.64 Å². The fourth-order valence-corrected chi connectivity index (χ4v) is 2.78. The minimum Gasteiger partial charge on any atom is -0.463 e. The molecule has 23 heavy (non-hydrogen) atoms. The van der Waals surface area contributed by atoms with Crippen LogP contribution < -0.4 is 4.74 Å². The second kappa shape index (κ2) is 5.81. The molecule has 0 saturated carbocycles. The molecule has 0 radical (unpaired) electrons. The molecule has 2 aromatic heterocycles. The number of para-hydroxylation sites is 1. The lowest BCUT2D eigenvalue weighted by atomic mass is 10.2. The molecule has 0 atom stereocenters. The Hall–Kier alpha value is -2.73. The summed E-state index contributed by atoms with van der Waals surface area (Å²) in [7, 11) is 0. The SMILES string of the molecule is S=c1nc2nc(OCCc3ccccc3)[nH]n2c2ccccc12. The molecule has 2 heterocycles. The summed E-state index contributed by atoms with van der Waals surface area (Å²) in [4.78, 5) is 8.71. The predicted molar refractivity (Wildman–Crippen MR) is 91.3 cm³/mol. The van der Waals surface area contributed by atoms with E-state index in [2.05, 4.69) is 27.2 Å². The molecule has 5 nitrogen and oxygen atoms in total. The summed E-state index contributed by atoms with van der Waals surface area (Å²) in [5, 5.41) is 4.04. The molecule has 0 amide bonds. The maximum atomic E-state index is 5.72. The molecule has 0 bridgehead atoms. The maximum absolute atomic E-state index is 5.72. The summed E-state index contributed by atoms with van der Waals surface area (Å²) in [6.45, 7) is 0.545. The molecule has 4 rings (SSSR count). The number of rotatable bonds is 4. The van der Waals surface area contributed by atoms with Gasteiger partial charge in [0.25, 0.3) is 5.78 Å². The molecule has 0 unspecified atom stereocenters. The van der Waals surface area contributed by atoms with Crippen LogP contribution in [0.1, 0.15) is 5.56 Å². The van der Waals surface area contributed by atoms with Crippen LogP contribution in [0.15, 0.2) is 54.6 Å². The summed E-state index contributed by atoms with van der Waals surface area (Å²) in [5.41, 5.74) is 2.17. The second-order valence-corrected chi connectivity index (χ2v) is 5.57. The van der Waals surface area contributed by atoms with E-state index in [1.807, 2.05) is 42.5 Å². The van der Waals surface area contributed by atoms with E-state index in [-0.39, 0.29) is 0 Å². The van der Waals surface area contributed by atoms with Crippen LogP contribution >= 0.6 is 12.2 Å². The first-order valence-corrected chi connectivity index (χ1v) is 7.76. The van der Waals surface area contributed by atoms with Crippen molar-refractivity contribution in [3.05, 3.63) is 64.8 Å². The van der Waals surface area contributed by atoms with Crippen molar-refractivity contribution in [3.63, 3.8) is 0 Å². The van der Waals surface area contributed by atoms with Crippen molar-refractivity contribution < 1.29 is 4.74 Å². The second-order valence-electron chi connectivity index (χ2n) is 5.18. The summed E-state index contributed by atoms with van der Waals surface area (Å²) >= 11 is 5.32. The van der Waals surface area contributed by atoms with Gasteiger partial charge in [0.05, 0.1) is 12.1 Å². The molecule has 0 aliphatic carbocycles. The zero-order valence-electron chi connectivity index (χ0n) is 12.3. The summed E-state index contributed by atoms with van der Waals surface area (Å²) in [6, 6.07) is 18.5. The number of benzene rings is 2. The Kier molecular flexibility index (Phi) is 3.51. The maximum Gasteiger partial charge on any atom is 0.312 e. The minimum atomic E-state index is 0.444. The molecule has 1 N–H and O–H groups in total. The van der Waals surface area contributed by atoms with Crippen molar-refractivity contribution in [2.75, 3.05) is 6.61 Å². The molecule has 0 spiro atoms. The van der Waals surface area contributed by atoms with Gasteiger partial charge in [-0.2, -0.15) is 9.97 Å². The molecule has 6 heteroatoms. The van der Waals surface area contributed by atoms with E-state index in [9.17, 15) is 0 Å². The molecule has 0 fully saturated rings. The van der Waals surface area contributed by atoms with Gasteiger partial charge in [-0.05, 0) is 17.7 Å². The zero-order valence-corrected chi connectivity index (χ0v) is 13.1. The number of hydrogen-bond donors (Lipinski definition) is 1. The first-order valence-electron chi connectivity index (χ1n) is 7.35. The molecule has 0 saturated heterocycles. The lowest BCUT2D eigenvalue weighted by Gasteiger charge is -2.02. The molecule has 114 valence electrons. The Balaban J connectivity index is 1.62. The quantitative estimate of drug-likeness (QED) is 0.584. The van der Waals surface area contributed by atoms with Crippen molar-refractivity contribution in [3.8, 4) is 6.01 Å². The topological polar surface area (TPSA) is 55.2 Å². The monoisotopic (exact) mass is 322 g/mol. The molecule has 0 aliphatic rings. The van der Waals surface area contributed by atoms with Gasteiger partial charge in [-0.25, -0.2) is 9.61 Å². The highest BCUT2D eigenvalue weighted by atomic mass is 32.1. The largest absolute Gasteiger partial charge is 0.463 e.